The van der Waals surface area contributed by atoms with Gasteiger partial charge in [-0.3, -0.25) is 0 Å². The lowest BCUT2D eigenvalue weighted by atomic mass is 10.3. The van der Waals surface area contributed by atoms with Crippen LogP contribution in [0.5, 0.6) is 0 Å². The second-order valence-electron chi connectivity index (χ2n) is 3.93. The zero-order valence-electron chi connectivity index (χ0n) is 10.6. The number of esters is 1. The van der Waals surface area contributed by atoms with Crippen molar-refractivity contribution in [1.82, 2.24) is 14.7 Å². The van der Waals surface area contributed by atoms with Crippen LogP contribution in [0.4, 0.5) is 0 Å². The molecule has 6 heteroatoms. The van der Waals surface area contributed by atoms with E-state index in [-0.39, 0.29) is 5.97 Å². The van der Waals surface area contributed by atoms with E-state index < -0.39 is 0 Å². The van der Waals surface area contributed by atoms with Crippen LogP contribution in [-0.2, 0) is 11.3 Å². The first kappa shape index (κ1) is 12.3. The summed E-state index contributed by atoms with van der Waals surface area (Å²) in [6.45, 7) is 6.11. The average molecular weight is 249 g/mol. The molecule has 0 atom stereocenters. The van der Waals surface area contributed by atoms with E-state index in [1.807, 2.05) is 13.0 Å². The van der Waals surface area contributed by atoms with Gasteiger partial charge in [0.15, 0.2) is 5.82 Å². The second-order valence-corrected chi connectivity index (χ2v) is 3.93. The molecule has 0 saturated heterocycles. The third-order valence-corrected chi connectivity index (χ3v) is 2.51. The van der Waals surface area contributed by atoms with E-state index in [4.69, 9.17) is 9.26 Å². The Morgan fingerprint density at radius 3 is 2.89 bits per heavy atom. The summed E-state index contributed by atoms with van der Waals surface area (Å²) in [5.41, 5.74) is 1.39. The van der Waals surface area contributed by atoms with Crippen LogP contribution in [0.2, 0.25) is 0 Å². The molecule has 0 N–H and O–H groups in total. The molecule has 0 fully saturated rings. The number of aryl methyl sites for hydroxylation is 2. The van der Waals surface area contributed by atoms with E-state index >= 15 is 0 Å². The van der Waals surface area contributed by atoms with E-state index in [1.54, 1.807) is 24.6 Å². The molecular weight excluding hydrogens is 234 g/mol. The Kier molecular flexibility index (Phi) is 3.45. The molecular formula is C12H15N3O3. The molecule has 0 radical (unpaired) electrons. The third-order valence-electron chi connectivity index (χ3n) is 2.51. The molecule has 0 aliphatic rings. The molecule has 6 nitrogen and oxygen atoms in total. The minimum absolute atomic E-state index is 0.337. The molecule has 2 rings (SSSR count). The highest BCUT2D eigenvalue weighted by molar-refractivity contribution is 5.89. The molecule has 2 aromatic rings. The number of carbonyl (C=O) groups excluding carboxylic acids is 1. The van der Waals surface area contributed by atoms with Gasteiger partial charge in [-0.25, -0.2) is 4.79 Å². The van der Waals surface area contributed by atoms with Gasteiger partial charge in [-0.05, 0) is 32.4 Å². The maximum Gasteiger partial charge on any atom is 0.355 e. The molecule has 0 aliphatic carbocycles. The van der Waals surface area contributed by atoms with Crippen LogP contribution in [0.1, 0.15) is 34.7 Å². The summed E-state index contributed by atoms with van der Waals surface area (Å²) in [5.74, 6) is 0.705. The summed E-state index contributed by atoms with van der Waals surface area (Å²) in [5, 5.41) is 3.71. The van der Waals surface area contributed by atoms with Crippen molar-refractivity contribution in [2.24, 2.45) is 0 Å². The Hall–Kier alpha value is -2.11. The molecule has 18 heavy (non-hydrogen) atoms. The van der Waals surface area contributed by atoms with E-state index in [2.05, 4.69) is 10.1 Å². The van der Waals surface area contributed by atoms with E-state index in [9.17, 15) is 4.79 Å². The highest BCUT2D eigenvalue weighted by Crippen LogP contribution is 2.13. The smallest absolute Gasteiger partial charge is 0.355 e. The van der Waals surface area contributed by atoms with Crippen molar-refractivity contribution >= 4 is 5.97 Å². The molecule has 0 spiro atoms. The van der Waals surface area contributed by atoms with Crippen molar-refractivity contribution < 1.29 is 14.1 Å². The zero-order chi connectivity index (χ0) is 13.1. The lowest BCUT2D eigenvalue weighted by Gasteiger charge is -2.07. The minimum atomic E-state index is -0.337. The van der Waals surface area contributed by atoms with Crippen molar-refractivity contribution in [2.45, 2.75) is 27.3 Å². The van der Waals surface area contributed by atoms with E-state index in [0.717, 1.165) is 5.56 Å². The first-order valence-corrected chi connectivity index (χ1v) is 5.74. The van der Waals surface area contributed by atoms with Gasteiger partial charge in [0.2, 0.25) is 5.89 Å². The normalized spacial score (nSPS) is 10.6. The van der Waals surface area contributed by atoms with Crippen LogP contribution in [0.25, 0.3) is 0 Å². The maximum atomic E-state index is 11.8. The van der Waals surface area contributed by atoms with Gasteiger partial charge >= 0.3 is 5.97 Å². The van der Waals surface area contributed by atoms with E-state index in [0.29, 0.717) is 30.6 Å². The lowest BCUT2D eigenvalue weighted by Crippen LogP contribution is -2.13. The minimum Gasteiger partial charge on any atom is -0.461 e. The number of ether oxygens (including phenoxy) is 1. The Labute approximate surface area is 105 Å². The van der Waals surface area contributed by atoms with Crippen LogP contribution in [0, 0.1) is 13.8 Å². The Morgan fingerprint density at radius 2 is 2.28 bits per heavy atom. The van der Waals surface area contributed by atoms with Gasteiger partial charge in [0.05, 0.1) is 6.61 Å². The Morgan fingerprint density at radius 1 is 1.50 bits per heavy atom. The molecule has 0 aliphatic heterocycles. The predicted molar refractivity (Wildman–Crippen MR) is 63.3 cm³/mol. The second kappa shape index (κ2) is 5.03. The number of rotatable bonds is 4. The predicted octanol–water partition coefficient (Wildman–Crippen LogP) is 1.71. The van der Waals surface area contributed by atoms with Gasteiger partial charge in [-0.15, -0.1) is 0 Å². The molecule has 0 amide bonds. The van der Waals surface area contributed by atoms with Crippen molar-refractivity contribution in [3.8, 4) is 0 Å². The van der Waals surface area contributed by atoms with Gasteiger partial charge in [-0.2, -0.15) is 4.98 Å². The Bertz CT molecular complexity index is 557. The summed E-state index contributed by atoms with van der Waals surface area (Å²) >= 11 is 0. The fourth-order valence-corrected chi connectivity index (χ4v) is 1.74. The molecule has 0 unspecified atom stereocenters. The molecule has 0 bridgehead atoms. The summed E-state index contributed by atoms with van der Waals surface area (Å²) in [6, 6.07) is 1.86. The fourth-order valence-electron chi connectivity index (χ4n) is 1.74. The highest BCUT2D eigenvalue weighted by Gasteiger charge is 2.17. The van der Waals surface area contributed by atoms with Gasteiger partial charge in [0.25, 0.3) is 0 Å². The van der Waals surface area contributed by atoms with Crippen LogP contribution in [0.15, 0.2) is 16.8 Å². The third kappa shape index (κ3) is 2.42. The van der Waals surface area contributed by atoms with Crippen LogP contribution < -0.4 is 0 Å². The quantitative estimate of drug-likeness (QED) is 0.771. The lowest BCUT2D eigenvalue weighted by molar-refractivity contribution is 0.0513. The molecule has 2 heterocycles. The number of aromatic nitrogens is 3. The average Bonchev–Trinajstić information content (AvgIpc) is 2.87. The van der Waals surface area contributed by atoms with Crippen molar-refractivity contribution in [2.75, 3.05) is 6.61 Å². The van der Waals surface area contributed by atoms with E-state index in [1.165, 1.54) is 0 Å². The van der Waals surface area contributed by atoms with Crippen molar-refractivity contribution in [3.63, 3.8) is 0 Å². The molecule has 2 aromatic heterocycles. The fraction of sp³-hybridized carbons (Fsp3) is 0.417. The molecule has 96 valence electrons. The van der Waals surface area contributed by atoms with Crippen molar-refractivity contribution in [1.29, 1.82) is 0 Å². The van der Waals surface area contributed by atoms with Gasteiger partial charge in [0, 0.05) is 6.20 Å². The number of hydrogen-bond donors (Lipinski definition) is 0. The standard InChI is InChI=1S/C12H15N3O3/c1-4-17-12(16)11-8(2)5-6-15(11)7-10-13-9(3)14-18-10/h5-6H,4,7H2,1-3H3. The van der Waals surface area contributed by atoms with Gasteiger partial charge in [-0.1, -0.05) is 5.16 Å². The topological polar surface area (TPSA) is 70.2 Å². The highest BCUT2D eigenvalue weighted by atomic mass is 16.5. The zero-order valence-corrected chi connectivity index (χ0v) is 10.6. The summed E-state index contributed by atoms with van der Waals surface area (Å²) in [7, 11) is 0. The maximum absolute atomic E-state index is 11.8. The number of hydrogen-bond acceptors (Lipinski definition) is 5. The van der Waals surface area contributed by atoms with Crippen molar-refractivity contribution in [3.05, 3.63) is 35.2 Å². The first-order chi connectivity index (χ1) is 8.61. The number of nitrogens with zero attached hydrogens (tertiary/aromatic N) is 3. The van der Waals surface area contributed by atoms with Crippen LogP contribution >= 0.6 is 0 Å². The first-order valence-electron chi connectivity index (χ1n) is 5.74. The summed E-state index contributed by atoms with van der Waals surface area (Å²) in [6.07, 6.45) is 1.81. The molecule has 0 aromatic carbocycles. The summed E-state index contributed by atoms with van der Waals surface area (Å²) in [4.78, 5) is 15.9. The monoisotopic (exact) mass is 249 g/mol. The Balaban J connectivity index is 2.26. The van der Waals surface area contributed by atoms with Crippen LogP contribution in [0.3, 0.4) is 0 Å². The number of carbonyl (C=O) groups is 1. The summed E-state index contributed by atoms with van der Waals surface area (Å²) < 4.78 is 11.8. The van der Waals surface area contributed by atoms with Gasteiger partial charge in [0.1, 0.15) is 12.2 Å². The van der Waals surface area contributed by atoms with Crippen LogP contribution in [-0.4, -0.2) is 27.3 Å². The largest absolute Gasteiger partial charge is 0.461 e. The molecule has 0 saturated carbocycles. The SMILES string of the molecule is CCOC(=O)c1c(C)ccn1Cc1nc(C)no1. The van der Waals surface area contributed by atoms with Gasteiger partial charge < -0.3 is 13.8 Å².